The van der Waals surface area contributed by atoms with Crippen molar-refractivity contribution in [2.24, 2.45) is 0 Å². The molecule has 5 rings (SSSR count). The van der Waals surface area contributed by atoms with Gasteiger partial charge >= 0.3 is 0 Å². The number of anilines is 3. The van der Waals surface area contributed by atoms with Gasteiger partial charge in [0.05, 0.1) is 28.8 Å². The van der Waals surface area contributed by atoms with Crippen LogP contribution in [0.5, 0.6) is 0 Å². The Morgan fingerprint density at radius 1 is 1.09 bits per heavy atom. The molecule has 2 heterocycles. The van der Waals surface area contributed by atoms with E-state index >= 15 is 0 Å². The van der Waals surface area contributed by atoms with Crippen LogP contribution in [0, 0.1) is 5.82 Å². The smallest absolute Gasteiger partial charge is 0.228 e. The summed E-state index contributed by atoms with van der Waals surface area (Å²) in [5, 5.41) is 24.0. The number of H-pyrrole nitrogens is 1. The topological polar surface area (TPSA) is 95.6 Å². The van der Waals surface area contributed by atoms with Gasteiger partial charge in [0.1, 0.15) is 10.8 Å². The molecule has 7 nitrogen and oxygen atoms in total. The fraction of sp³-hybridized carbons (Fsp3) is 0.0435. The number of hydrogen-bond acceptors (Lipinski definition) is 6. The molecular weight excluding hydrogens is 463 g/mol. The van der Waals surface area contributed by atoms with E-state index in [-0.39, 0.29) is 18.1 Å². The van der Waals surface area contributed by atoms with Gasteiger partial charge in [0.25, 0.3) is 0 Å². The van der Waals surface area contributed by atoms with Crippen molar-refractivity contribution in [2.45, 2.75) is 6.42 Å². The number of amides is 1. The lowest BCUT2D eigenvalue weighted by Crippen LogP contribution is -2.14. The molecule has 0 aliphatic carbocycles. The van der Waals surface area contributed by atoms with Crippen molar-refractivity contribution in [1.29, 1.82) is 0 Å². The van der Waals surface area contributed by atoms with Crippen LogP contribution in [0.3, 0.4) is 0 Å². The van der Waals surface area contributed by atoms with Crippen LogP contribution < -0.4 is 10.6 Å². The highest BCUT2D eigenvalue weighted by Gasteiger charge is 2.12. The van der Waals surface area contributed by atoms with E-state index in [0.29, 0.717) is 26.5 Å². The summed E-state index contributed by atoms with van der Waals surface area (Å²) in [7, 11) is 0. The molecule has 3 N–H and O–H groups in total. The van der Waals surface area contributed by atoms with Crippen molar-refractivity contribution in [3.05, 3.63) is 83.3 Å². The lowest BCUT2D eigenvalue weighted by atomic mass is 10.1. The van der Waals surface area contributed by atoms with Gasteiger partial charge in [-0.15, -0.1) is 10.2 Å². The van der Waals surface area contributed by atoms with Gasteiger partial charge in [-0.05, 0) is 42.0 Å². The Kier molecular flexibility index (Phi) is 5.72. The normalized spacial score (nSPS) is 11.0. The molecule has 0 saturated heterocycles. The van der Waals surface area contributed by atoms with Crippen molar-refractivity contribution in [3.63, 3.8) is 0 Å². The number of carbonyl (C=O) groups excluding carboxylic acids is 1. The zero-order chi connectivity index (χ0) is 22.8. The minimum Gasteiger partial charge on any atom is -0.329 e. The van der Waals surface area contributed by atoms with Crippen LogP contribution in [0.2, 0.25) is 5.02 Å². The van der Waals surface area contributed by atoms with Gasteiger partial charge in [-0.3, -0.25) is 9.89 Å². The molecular formula is C23H16ClFN6OS. The first-order valence-electron chi connectivity index (χ1n) is 9.92. The highest BCUT2D eigenvalue weighted by Crippen LogP contribution is 2.34. The summed E-state index contributed by atoms with van der Waals surface area (Å²) in [4.78, 5) is 12.4. The van der Waals surface area contributed by atoms with Crippen molar-refractivity contribution in [1.82, 2.24) is 20.4 Å². The second kappa shape index (κ2) is 8.97. The Morgan fingerprint density at radius 3 is 2.79 bits per heavy atom. The Bertz CT molecular complexity index is 1450. The summed E-state index contributed by atoms with van der Waals surface area (Å²) in [5.74, 6) is -0.523. The Balaban J connectivity index is 1.29. The SMILES string of the molecule is O=C(Cc1ccc(F)cc1)Nc1cccc(-c2nnc(Nc3ccc4[nH]ncc4c3Cl)s2)c1. The predicted octanol–water partition coefficient (Wildman–Crippen LogP) is 5.80. The first-order chi connectivity index (χ1) is 16.0. The van der Waals surface area contributed by atoms with Gasteiger partial charge in [0.15, 0.2) is 0 Å². The molecule has 0 radical (unpaired) electrons. The average Bonchev–Trinajstić information content (AvgIpc) is 3.48. The number of fused-ring (bicyclic) bond motifs is 1. The molecule has 3 aromatic carbocycles. The van der Waals surface area contributed by atoms with E-state index < -0.39 is 0 Å². The quantitative estimate of drug-likeness (QED) is 0.286. The number of halogens is 2. The van der Waals surface area contributed by atoms with Gasteiger partial charge in [-0.25, -0.2) is 4.39 Å². The molecule has 0 bridgehead atoms. The third-order valence-electron chi connectivity index (χ3n) is 4.90. The second-order valence-electron chi connectivity index (χ2n) is 7.23. The number of aromatic nitrogens is 4. The van der Waals surface area contributed by atoms with E-state index in [2.05, 4.69) is 31.0 Å². The summed E-state index contributed by atoms with van der Waals surface area (Å²) in [5.41, 5.74) is 3.74. The average molecular weight is 479 g/mol. The molecule has 0 spiro atoms. The molecule has 0 aliphatic heterocycles. The second-order valence-corrected chi connectivity index (χ2v) is 8.58. The molecule has 164 valence electrons. The van der Waals surface area contributed by atoms with Crippen LogP contribution in [-0.4, -0.2) is 26.3 Å². The van der Waals surface area contributed by atoms with Crippen LogP contribution in [-0.2, 0) is 11.2 Å². The Morgan fingerprint density at radius 2 is 1.94 bits per heavy atom. The minimum atomic E-state index is -0.331. The monoisotopic (exact) mass is 478 g/mol. The Labute approximate surface area is 196 Å². The van der Waals surface area contributed by atoms with E-state index in [1.165, 1.54) is 23.5 Å². The standard InChI is InChI=1S/C23H16ClFN6OS/c24-21-17-12-26-29-18(17)8-9-19(21)28-23-31-30-22(33-23)14-2-1-3-16(11-14)27-20(32)10-13-4-6-15(25)7-5-13/h1-9,11-12H,10H2,(H,26,29)(H,27,32)(H,28,31). The molecule has 1 amide bonds. The number of benzene rings is 3. The maximum Gasteiger partial charge on any atom is 0.228 e. The zero-order valence-corrected chi connectivity index (χ0v) is 18.5. The van der Waals surface area contributed by atoms with Crippen LogP contribution >= 0.6 is 22.9 Å². The fourth-order valence-electron chi connectivity index (χ4n) is 3.31. The lowest BCUT2D eigenvalue weighted by Gasteiger charge is -2.07. The largest absolute Gasteiger partial charge is 0.329 e. The summed E-state index contributed by atoms with van der Waals surface area (Å²) in [6, 6.07) is 17.0. The molecule has 0 fully saturated rings. The predicted molar refractivity (Wildman–Crippen MR) is 128 cm³/mol. The molecule has 0 unspecified atom stereocenters. The maximum absolute atomic E-state index is 13.0. The molecule has 2 aromatic heterocycles. The van der Waals surface area contributed by atoms with Gasteiger partial charge < -0.3 is 10.6 Å². The third-order valence-corrected chi connectivity index (χ3v) is 6.19. The van der Waals surface area contributed by atoms with Crippen molar-refractivity contribution in [2.75, 3.05) is 10.6 Å². The number of carbonyl (C=O) groups is 1. The summed E-state index contributed by atoms with van der Waals surface area (Å²) < 4.78 is 13.0. The number of nitrogens with one attached hydrogen (secondary N) is 3. The van der Waals surface area contributed by atoms with E-state index in [9.17, 15) is 9.18 Å². The number of rotatable bonds is 6. The van der Waals surface area contributed by atoms with E-state index in [1.54, 1.807) is 24.4 Å². The maximum atomic E-state index is 13.0. The van der Waals surface area contributed by atoms with E-state index in [4.69, 9.17) is 11.6 Å². The van der Waals surface area contributed by atoms with E-state index in [0.717, 1.165) is 22.0 Å². The van der Waals surface area contributed by atoms with Crippen molar-refractivity contribution < 1.29 is 9.18 Å². The third kappa shape index (κ3) is 4.69. The number of aromatic amines is 1. The molecule has 10 heteroatoms. The summed E-state index contributed by atoms with van der Waals surface area (Å²) in [6.45, 7) is 0. The molecule has 0 aliphatic rings. The molecule has 33 heavy (non-hydrogen) atoms. The van der Waals surface area contributed by atoms with Gasteiger partial charge in [0, 0.05) is 16.6 Å². The van der Waals surface area contributed by atoms with Gasteiger partial charge in [0.2, 0.25) is 11.0 Å². The van der Waals surface area contributed by atoms with E-state index in [1.807, 2.05) is 30.3 Å². The van der Waals surface area contributed by atoms with Crippen LogP contribution in [0.15, 0.2) is 66.9 Å². The van der Waals surface area contributed by atoms with Crippen LogP contribution in [0.25, 0.3) is 21.5 Å². The number of hydrogen-bond donors (Lipinski definition) is 3. The highest BCUT2D eigenvalue weighted by molar-refractivity contribution is 7.18. The fourth-order valence-corrected chi connectivity index (χ4v) is 4.32. The summed E-state index contributed by atoms with van der Waals surface area (Å²) >= 11 is 7.83. The van der Waals surface area contributed by atoms with Gasteiger partial charge in [-0.1, -0.05) is 47.2 Å². The minimum absolute atomic E-state index is 0.152. The van der Waals surface area contributed by atoms with Gasteiger partial charge in [-0.2, -0.15) is 5.10 Å². The molecule has 0 saturated carbocycles. The zero-order valence-electron chi connectivity index (χ0n) is 17.0. The highest BCUT2D eigenvalue weighted by atomic mass is 35.5. The van der Waals surface area contributed by atoms with Crippen LogP contribution in [0.1, 0.15) is 5.56 Å². The first-order valence-corrected chi connectivity index (χ1v) is 11.1. The van der Waals surface area contributed by atoms with Crippen LogP contribution in [0.4, 0.5) is 20.9 Å². The molecule has 0 atom stereocenters. The first kappa shape index (κ1) is 21.0. The lowest BCUT2D eigenvalue weighted by molar-refractivity contribution is -0.115. The molecule has 5 aromatic rings. The number of nitrogens with zero attached hydrogens (tertiary/aromatic N) is 3. The van der Waals surface area contributed by atoms with Crippen molar-refractivity contribution >= 4 is 56.3 Å². The van der Waals surface area contributed by atoms with Crippen molar-refractivity contribution in [3.8, 4) is 10.6 Å². The Hall–Kier alpha value is -3.82. The summed E-state index contributed by atoms with van der Waals surface area (Å²) in [6.07, 6.45) is 1.82.